The molecule has 0 amide bonds. The van der Waals surface area contributed by atoms with E-state index >= 15 is 0 Å². The Morgan fingerprint density at radius 1 is 1.15 bits per heavy atom. The highest BCUT2D eigenvalue weighted by Crippen LogP contribution is 2.35. The van der Waals surface area contributed by atoms with Crippen molar-refractivity contribution in [1.29, 1.82) is 0 Å². The van der Waals surface area contributed by atoms with Crippen LogP contribution in [0.4, 0.5) is 11.4 Å². The maximum absolute atomic E-state index is 13.5. The molecule has 13 heteroatoms. The fraction of sp³-hybridized carbons (Fsp3) is 0.200. The van der Waals surface area contributed by atoms with Crippen molar-refractivity contribution in [1.82, 2.24) is 9.29 Å². The van der Waals surface area contributed by atoms with Gasteiger partial charge in [-0.25, -0.2) is 13.2 Å². The van der Waals surface area contributed by atoms with E-state index in [1.165, 1.54) is 34.8 Å². The van der Waals surface area contributed by atoms with Crippen LogP contribution in [0.2, 0.25) is 5.02 Å². The number of anilines is 2. The highest BCUT2D eigenvalue weighted by Gasteiger charge is 2.31. The zero-order valence-electron chi connectivity index (χ0n) is 17.1. The normalized spacial score (nSPS) is 14.9. The fourth-order valence-corrected chi connectivity index (χ4v) is 5.23. The van der Waals surface area contributed by atoms with Crippen LogP contribution in [0.5, 0.6) is 0 Å². The largest absolute Gasteiger partial charge is 0.488 e. The van der Waals surface area contributed by atoms with E-state index in [1.54, 1.807) is 12.1 Å². The quantitative estimate of drug-likeness (QED) is 0.371. The average Bonchev–Trinajstić information content (AvgIpc) is 2.79. The predicted molar refractivity (Wildman–Crippen MR) is 123 cm³/mol. The van der Waals surface area contributed by atoms with Gasteiger partial charge in [0, 0.05) is 29.7 Å². The number of morpholine rings is 1. The molecule has 0 spiro atoms. The van der Waals surface area contributed by atoms with E-state index in [0.29, 0.717) is 15.9 Å². The van der Waals surface area contributed by atoms with Gasteiger partial charge in [-0.05, 0) is 35.8 Å². The smallest absolute Gasteiger partial charge is 0.478 e. The lowest BCUT2D eigenvalue weighted by Crippen LogP contribution is -2.40. The topological polar surface area (TPSA) is 149 Å². The maximum Gasteiger partial charge on any atom is 0.488 e. The highest BCUT2D eigenvalue weighted by atomic mass is 35.5. The Morgan fingerprint density at radius 3 is 2.55 bits per heavy atom. The van der Waals surface area contributed by atoms with E-state index < -0.39 is 23.1 Å². The van der Waals surface area contributed by atoms with Crippen molar-refractivity contribution in [3.8, 4) is 0 Å². The van der Waals surface area contributed by atoms with Gasteiger partial charge in [0.2, 0.25) is 10.0 Å². The molecule has 1 aliphatic rings. The van der Waals surface area contributed by atoms with Crippen molar-refractivity contribution in [3.63, 3.8) is 0 Å². The Bertz CT molecular complexity index is 1330. The summed E-state index contributed by atoms with van der Waals surface area (Å²) in [5.74, 6) is -1.29. The third kappa shape index (κ3) is 4.67. The average molecular weight is 492 g/mol. The molecule has 4 N–H and O–H groups in total. The van der Waals surface area contributed by atoms with Gasteiger partial charge in [0.15, 0.2) is 0 Å². The summed E-state index contributed by atoms with van der Waals surface area (Å²) in [5, 5.41) is 32.3. The van der Waals surface area contributed by atoms with Crippen LogP contribution in [0, 0.1) is 0 Å². The predicted octanol–water partition coefficient (Wildman–Crippen LogP) is 1.03. The first-order valence-corrected chi connectivity index (χ1v) is 11.7. The van der Waals surface area contributed by atoms with Gasteiger partial charge in [-0.2, -0.15) is 4.31 Å². The molecule has 1 aliphatic heterocycles. The molecular formula is C20H19BClN3O7S. The van der Waals surface area contributed by atoms with Crippen LogP contribution in [0.3, 0.4) is 0 Å². The van der Waals surface area contributed by atoms with Crippen molar-refractivity contribution >= 4 is 62.5 Å². The molecule has 0 aliphatic carbocycles. The standard InChI is InChI=1S/C20H19BClN3O7S/c22-13-2-4-16-15(10-13)19(18(11-23-16)33(30,31)25-5-7-32-8-6-25)24-17-9-12(21(28)29)1-3-14(17)20(26)27/h1-4,9-11,28-29H,5-8H2,(H,23,24)(H,26,27). The van der Waals surface area contributed by atoms with Gasteiger partial charge in [-0.1, -0.05) is 17.7 Å². The van der Waals surface area contributed by atoms with E-state index in [-0.39, 0.29) is 53.6 Å². The van der Waals surface area contributed by atoms with Crippen LogP contribution >= 0.6 is 11.6 Å². The van der Waals surface area contributed by atoms with Crippen molar-refractivity contribution in [3.05, 3.63) is 53.2 Å². The number of carbonyl (C=O) groups is 1. The Morgan fingerprint density at radius 2 is 1.88 bits per heavy atom. The van der Waals surface area contributed by atoms with Crippen LogP contribution in [-0.4, -0.2) is 72.3 Å². The number of hydrogen-bond donors (Lipinski definition) is 4. The van der Waals surface area contributed by atoms with E-state index in [2.05, 4.69) is 10.3 Å². The number of nitrogens with zero attached hydrogens (tertiary/aromatic N) is 2. The number of pyridine rings is 1. The first kappa shape index (κ1) is 23.4. The number of carboxylic acids is 1. The molecule has 3 aromatic rings. The number of benzene rings is 2. The van der Waals surface area contributed by atoms with E-state index in [0.717, 1.165) is 0 Å². The minimum atomic E-state index is -4.04. The molecule has 0 saturated carbocycles. The van der Waals surface area contributed by atoms with Crippen molar-refractivity contribution in [2.45, 2.75) is 4.90 Å². The second kappa shape index (κ2) is 9.25. The third-order valence-electron chi connectivity index (χ3n) is 5.21. The first-order valence-electron chi connectivity index (χ1n) is 9.85. The van der Waals surface area contributed by atoms with Crippen molar-refractivity contribution < 1.29 is 33.1 Å². The third-order valence-corrected chi connectivity index (χ3v) is 7.36. The van der Waals surface area contributed by atoms with Gasteiger partial charge in [0.25, 0.3) is 0 Å². The number of nitrogens with one attached hydrogen (secondary N) is 1. The molecule has 0 radical (unpaired) electrons. The molecule has 10 nitrogen and oxygen atoms in total. The summed E-state index contributed by atoms with van der Waals surface area (Å²) in [6.07, 6.45) is 1.20. The second-order valence-corrected chi connectivity index (χ2v) is 9.63. The lowest BCUT2D eigenvalue weighted by molar-refractivity contribution is 0.0698. The Labute approximate surface area is 194 Å². The molecule has 2 heterocycles. The summed E-state index contributed by atoms with van der Waals surface area (Å²) in [4.78, 5) is 15.9. The van der Waals surface area contributed by atoms with Gasteiger partial charge in [0.05, 0.1) is 35.7 Å². The molecule has 33 heavy (non-hydrogen) atoms. The molecule has 1 aromatic heterocycles. The number of aromatic carboxylic acids is 1. The Hall–Kier alpha value is -2.74. The fourth-order valence-electron chi connectivity index (χ4n) is 3.54. The van der Waals surface area contributed by atoms with Crippen LogP contribution in [-0.2, 0) is 14.8 Å². The lowest BCUT2D eigenvalue weighted by Gasteiger charge is -2.27. The highest BCUT2D eigenvalue weighted by molar-refractivity contribution is 7.89. The first-order chi connectivity index (χ1) is 15.7. The zero-order chi connectivity index (χ0) is 23.8. The number of aromatic nitrogens is 1. The number of ether oxygens (including phenoxy) is 1. The summed E-state index contributed by atoms with van der Waals surface area (Å²) >= 11 is 6.17. The molecular weight excluding hydrogens is 473 g/mol. The maximum atomic E-state index is 13.5. The number of fused-ring (bicyclic) bond motifs is 1. The van der Waals surface area contributed by atoms with Crippen LogP contribution in [0.25, 0.3) is 10.9 Å². The number of hydrogen-bond acceptors (Lipinski definition) is 8. The van der Waals surface area contributed by atoms with E-state index in [4.69, 9.17) is 16.3 Å². The van der Waals surface area contributed by atoms with Crippen molar-refractivity contribution in [2.24, 2.45) is 0 Å². The summed E-state index contributed by atoms with van der Waals surface area (Å²) in [7, 11) is -5.89. The van der Waals surface area contributed by atoms with Gasteiger partial charge in [-0.15, -0.1) is 0 Å². The lowest BCUT2D eigenvalue weighted by atomic mass is 9.79. The molecule has 2 aromatic carbocycles. The SMILES string of the molecule is O=C(O)c1ccc(B(O)O)cc1Nc1c(S(=O)(=O)N2CCOCC2)cnc2ccc(Cl)cc12. The molecule has 172 valence electrons. The molecule has 0 unspecified atom stereocenters. The Balaban J connectivity index is 1.94. The van der Waals surface area contributed by atoms with Gasteiger partial charge < -0.3 is 25.2 Å². The number of halogens is 1. The number of rotatable bonds is 6. The molecule has 0 bridgehead atoms. The summed E-state index contributed by atoms with van der Waals surface area (Å²) in [6.45, 7) is 0.798. The van der Waals surface area contributed by atoms with E-state index in [1.807, 2.05) is 0 Å². The minimum absolute atomic E-state index is 0.0245. The summed E-state index contributed by atoms with van der Waals surface area (Å²) in [6, 6.07) is 8.42. The van der Waals surface area contributed by atoms with Gasteiger partial charge in [-0.3, -0.25) is 4.98 Å². The molecule has 1 saturated heterocycles. The van der Waals surface area contributed by atoms with Crippen LogP contribution in [0.1, 0.15) is 10.4 Å². The summed E-state index contributed by atoms with van der Waals surface area (Å²) in [5.41, 5.74) is 0.302. The number of sulfonamides is 1. The van der Waals surface area contributed by atoms with Gasteiger partial charge >= 0.3 is 13.1 Å². The molecule has 1 fully saturated rings. The molecule has 0 atom stereocenters. The van der Waals surface area contributed by atoms with E-state index in [9.17, 15) is 28.4 Å². The zero-order valence-corrected chi connectivity index (χ0v) is 18.7. The Kier molecular flexibility index (Phi) is 6.57. The second-order valence-electron chi connectivity index (χ2n) is 7.28. The van der Waals surface area contributed by atoms with Crippen molar-refractivity contribution in [2.75, 3.05) is 31.6 Å². The molecule has 4 rings (SSSR count). The van der Waals surface area contributed by atoms with Crippen LogP contribution in [0.15, 0.2) is 47.5 Å². The number of carboxylic acid groups (broad SMARTS) is 1. The monoisotopic (exact) mass is 491 g/mol. The van der Waals surface area contributed by atoms with Crippen LogP contribution < -0.4 is 10.8 Å². The summed E-state index contributed by atoms with van der Waals surface area (Å²) < 4.78 is 33.5. The minimum Gasteiger partial charge on any atom is -0.478 e. The van der Waals surface area contributed by atoms with Gasteiger partial charge in [0.1, 0.15) is 4.90 Å².